The Bertz CT molecular complexity index is 209. The van der Waals surface area contributed by atoms with E-state index in [4.69, 9.17) is 0 Å². The number of piperidine rings is 1. The van der Waals surface area contributed by atoms with Gasteiger partial charge in [0.15, 0.2) is 0 Å². The maximum absolute atomic E-state index is 3.49. The van der Waals surface area contributed by atoms with Gasteiger partial charge in [-0.1, -0.05) is 6.92 Å². The SMILES string of the molecule is CC1CNCCC1N1CCN(C(C)C)CC1. The highest BCUT2D eigenvalue weighted by Gasteiger charge is 2.29. The summed E-state index contributed by atoms with van der Waals surface area (Å²) < 4.78 is 0. The van der Waals surface area contributed by atoms with Crippen LogP contribution < -0.4 is 5.32 Å². The van der Waals surface area contributed by atoms with Crippen molar-refractivity contribution in [1.82, 2.24) is 15.1 Å². The minimum atomic E-state index is 0.715. The molecular weight excluding hydrogens is 198 g/mol. The molecule has 0 radical (unpaired) electrons. The van der Waals surface area contributed by atoms with E-state index in [1.54, 1.807) is 0 Å². The van der Waals surface area contributed by atoms with Crippen molar-refractivity contribution in [3.63, 3.8) is 0 Å². The van der Waals surface area contributed by atoms with Gasteiger partial charge >= 0.3 is 0 Å². The molecule has 0 aromatic rings. The maximum atomic E-state index is 3.49. The maximum Gasteiger partial charge on any atom is 0.0146 e. The first kappa shape index (κ1) is 12.3. The Morgan fingerprint density at radius 2 is 1.81 bits per heavy atom. The van der Waals surface area contributed by atoms with Crippen LogP contribution in [0, 0.1) is 5.92 Å². The first-order valence-electron chi connectivity index (χ1n) is 6.87. The van der Waals surface area contributed by atoms with Gasteiger partial charge < -0.3 is 5.32 Å². The lowest BCUT2D eigenvalue weighted by Gasteiger charge is -2.44. The Morgan fingerprint density at radius 3 is 2.38 bits per heavy atom. The molecule has 0 aromatic heterocycles. The van der Waals surface area contributed by atoms with E-state index in [1.165, 1.54) is 45.7 Å². The van der Waals surface area contributed by atoms with Gasteiger partial charge in [-0.05, 0) is 39.3 Å². The van der Waals surface area contributed by atoms with Crippen molar-refractivity contribution in [2.45, 2.75) is 39.3 Å². The minimum absolute atomic E-state index is 0.715. The van der Waals surface area contributed by atoms with E-state index in [0.29, 0.717) is 6.04 Å². The lowest BCUT2D eigenvalue weighted by atomic mass is 9.93. The van der Waals surface area contributed by atoms with Crippen molar-refractivity contribution in [3.8, 4) is 0 Å². The van der Waals surface area contributed by atoms with Gasteiger partial charge in [0.25, 0.3) is 0 Å². The fourth-order valence-corrected chi connectivity index (χ4v) is 3.13. The summed E-state index contributed by atoms with van der Waals surface area (Å²) in [6, 6.07) is 1.54. The number of hydrogen-bond donors (Lipinski definition) is 1. The van der Waals surface area contributed by atoms with Gasteiger partial charge in [0.05, 0.1) is 0 Å². The molecule has 2 aliphatic rings. The predicted molar refractivity (Wildman–Crippen MR) is 68.7 cm³/mol. The predicted octanol–water partition coefficient (Wildman–Crippen LogP) is 1.01. The van der Waals surface area contributed by atoms with Crippen molar-refractivity contribution in [2.24, 2.45) is 5.92 Å². The molecule has 2 atom stereocenters. The lowest BCUT2D eigenvalue weighted by molar-refractivity contribution is 0.0475. The summed E-state index contributed by atoms with van der Waals surface area (Å²) in [6.45, 7) is 14.5. The summed E-state index contributed by atoms with van der Waals surface area (Å²) >= 11 is 0. The lowest BCUT2D eigenvalue weighted by Crippen LogP contribution is -2.56. The van der Waals surface area contributed by atoms with Gasteiger partial charge in [-0.15, -0.1) is 0 Å². The highest BCUT2D eigenvalue weighted by atomic mass is 15.3. The molecule has 0 saturated carbocycles. The first-order chi connectivity index (χ1) is 7.68. The molecular formula is C13H27N3. The van der Waals surface area contributed by atoms with Crippen LogP contribution in [-0.2, 0) is 0 Å². The van der Waals surface area contributed by atoms with Gasteiger partial charge in [0.2, 0.25) is 0 Å². The van der Waals surface area contributed by atoms with Crippen LogP contribution in [0.3, 0.4) is 0 Å². The number of piperazine rings is 1. The number of nitrogens with zero attached hydrogens (tertiary/aromatic N) is 2. The average molecular weight is 225 g/mol. The third-order valence-electron chi connectivity index (χ3n) is 4.29. The van der Waals surface area contributed by atoms with Crippen molar-refractivity contribution in [1.29, 1.82) is 0 Å². The molecule has 3 nitrogen and oxygen atoms in total. The average Bonchev–Trinajstić information content (AvgIpc) is 2.30. The normalized spacial score (nSPS) is 34.5. The van der Waals surface area contributed by atoms with E-state index in [9.17, 15) is 0 Å². The molecule has 2 heterocycles. The van der Waals surface area contributed by atoms with Gasteiger partial charge in [-0.2, -0.15) is 0 Å². The van der Waals surface area contributed by atoms with E-state index in [-0.39, 0.29) is 0 Å². The summed E-state index contributed by atoms with van der Waals surface area (Å²) in [5, 5.41) is 3.49. The van der Waals surface area contributed by atoms with Crippen LogP contribution in [-0.4, -0.2) is 61.2 Å². The second-order valence-electron chi connectivity index (χ2n) is 5.70. The Labute approximate surface area is 100 Å². The number of rotatable bonds is 2. The zero-order chi connectivity index (χ0) is 11.5. The van der Waals surface area contributed by atoms with Crippen molar-refractivity contribution in [3.05, 3.63) is 0 Å². The summed E-state index contributed by atoms with van der Waals surface area (Å²) in [5.41, 5.74) is 0. The second-order valence-corrected chi connectivity index (χ2v) is 5.70. The summed E-state index contributed by atoms with van der Waals surface area (Å²) in [4.78, 5) is 5.33. The third-order valence-corrected chi connectivity index (χ3v) is 4.29. The van der Waals surface area contributed by atoms with E-state index < -0.39 is 0 Å². The second kappa shape index (κ2) is 5.48. The standard InChI is InChI=1S/C13H27N3/c1-11(2)15-6-8-16(9-7-15)13-4-5-14-10-12(13)3/h11-14H,4-10H2,1-3H3. The van der Waals surface area contributed by atoms with Gasteiger partial charge in [0.1, 0.15) is 0 Å². The molecule has 0 aromatic carbocycles. The van der Waals surface area contributed by atoms with Crippen LogP contribution in [0.1, 0.15) is 27.2 Å². The van der Waals surface area contributed by atoms with Crippen LogP contribution in [0.15, 0.2) is 0 Å². The molecule has 2 unspecified atom stereocenters. The van der Waals surface area contributed by atoms with Gasteiger partial charge in [0, 0.05) is 38.3 Å². The summed E-state index contributed by atoms with van der Waals surface area (Å²) in [7, 11) is 0. The number of hydrogen-bond acceptors (Lipinski definition) is 3. The smallest absolute Gasteiger partial charge is 0.0146 e. The quantitative estimate of drug-likeness (QED) is 0.757. The first-order valence-corrected chi connectivity index (χ1v) is 6.87. The molecule has 0 spiro atoms. The minimum Gasteiger partial charge on any atom is -0.316 e. The Balaban J connectivity index is 1.83. The van der Waals surface area contributed by atoms with Crippen LogP contribution in [0.4, 0.5) is 0 Å². The molecule has 0 amide bonds. The van der Waals surface area contributed by atoms with Crippen molar-refractivity contribution in [2.75, 3.05) is 39.3 Å². The highest BCUT2D eigenvalue weighted by molar-refractivity contribution is 4.86. The van der Waals surface area contributed by atoms with Crippen LogP contribution in [0.25, 0.3) is 0 Å². The highest BCUT2D eigenvalue weighted by Crippen LogP contribution is 2.19. The van der Waals surface area contributed by atoms with Crippen molar-refractivity contribution < 1.29 is 0 Å². The Kier molecular flexibility index (Phi) is 4.22. The zero-order valence-electron chi connectivity index (χ0n) is 11.1. The monoisotopic (exact) mass is 225 g/mol. The largest absolute Gasteiger partial charge is 0.316 e. The summed E-state index contributed by atoms with van der Waals surface area (Å²) in [6.07, 6.45) is 1.34. The van der Waals surface area contributed by atoms with Crippen LogP contribution in [0.5, 0.6) is 0 Å². The molecule has 0 bridgehead atoms. The van der Waals surface area contributed by atoms with E-state index in [0.717, 1.165) is 12.0 Å². The molecule has 2 rings (SSSR count). The van der Waals surface area contributed by atoms with E-state index >= 15 is 0 Å². The van der Waals surface area contributed by atoms with Crippen molar-refractivity contribution >= 4 is 0 Å². The molecule has 1 N–H and O–H groups in total. The van der Waals surface area contributed by atoms with E-state index in [2.05, 4.69) is 35.9 Å². The molecule has 2 aliphatic heterocycles. The van der Waals surface area contributed by atoms with Crippen LogP contribution >= 0.6 is 0 Å². The van der Waals surface area contributed by atoms with E-state index in [1.807, 2.05) is 0 Å². The Morgan fingerprint density at radius 1 is 1.12 bits per heavy atom. The van der Waals surface area contributed by atoms with Crippen LogP contribution in [0.2, 0.25) is 0 Å². The fourth-order valence-electron chi connectivity index (χ4n) is 3.13. The zero-order valence-corrected chi connectivity index (χ0v) is 11.1. The molecule has 94 valence electrons. The molecule has 2 saturated heterocycles. The van der Waals surface area contributed by atoms with Gasteiger partial charge in [-0.25, -0.2) is 0 Å². The fraction of sp³-hybridized carbons (Fsp3) is 1.00. The molecule has 0 aliphatic carbocycles. The number of nitrogens with one attached hydrogen (secondary N) is 1. The molecule has 16 heavy (non-hydrogen) atoms. The summed E-state index contributed by atoms with van der Waals surface area (Å²) in [5.74, 6) is 0.819. The van der Waals surface area contributed by atoms with Gasteiger partial charge in [-0.3, -0.25) is 9.80 Å². The topological polar surface area (TPSA) is 18.5 Å². The molecule has 2 fully saturated rings. The third kappa shape index (κ3) is 2.76. The molecule has 3 heteroatoms. The Hall–Kier alpha value is -0.120.